The molecule has 0 aliphatic carbocycles. The van der Waals surface area contributed by atoms with Crippen molar-refractivity contribution in [1.29, 1.82) is 0 Å². The first kappa shape index (κ1) is 13.2. The zero-order chi connectivity index (χ0) is 13.3. The van der Waals surface area contributed by atoms with Crippen molar-refractivity contribution in [3.05, 3.63) is 34.9 Å². The molecule has 0 fully saturated rings. The Balaban J connectivity index is 2.46. The van der Waals surface area contributed by atoms with Crippen LogP contribution in [0.25, 0.3) is 0 Å². The highest BCUT2D eigenvalue weighted by Gasteiger charge is 2.43. The van der Waals surface area contributed by atoms with Gasteiger partial charge < -0.3 is 10.6 Å². The minimum absolute atomic E-state index is 0.122. The van der Waals surface area contributed by atoms with Gasteiger partial charge in [-0.2, -0.15) is 0 Å². The van der Waals surface area contributed by atoms with Gasteiger partial charge >= 0.3 is 0 Å². The van der Waals surface area contributed by atoms with E-state index < -0.39 is 0 Å². The summed E-state index contributed by atoms with van der Waals surface area (Å²) in [6.45, 7) is 7.19. The first-order valence-corrected chi connectivity index (χ1v) is 6.74. The minimum atomic E-state index is -0.122. The molecule has 0 saturated carbocycles. The number of benzene rings is 1. The third-order valence-electron chi connectivity index (χ3n) is 3.69. The van der Waals surface area contributed by atoms with Gasteiger partial charge in [-0.3, -0.25) is 4.99 Å². The van der Waals surface area contributed by atoms with E-state index in [4.69, 9.17) is 17.3 Å². The van der Waals surface area contributed by atoms with E-state index >= 15 is 0 Å². The Morgan fingerprint density at radius 1 is 1.39 bits per heavy atom. The highest BCUT2D eigenvalue weighted by atomic mass is 35.5. The van der Waals surface area contributed by atoms with E-state index in [1.54, 1.807) is 0 Å². The number of aliphatic imine (C=N–C) groups is 1. The molecule has 1 unspecified atom stereocenters. The monoisotopic (exact) mass is 265 g/mol. The second kappa shape index (κ2) is 4.81. The van der Waals surface area contributed by atoms with E-state index in [1.165, 1.54) is 5.56 Å². The van der Waals surface area contributed by atoms with Gasteiger partial charge in [0.2, 0.25) is 0 Å². The molecule has 0 radical (unpaired) electrons. The second-order valence-corrected chi connectivity index (χ2v) is 5.47. The van der Waals surface area contributed by atoms with Crippen molar-refractivity contribution in [1.82, 2.24) is 4.90 Å². The molecule has 0 spiro atoms. The smallest absolute Gasteiger partial charge is 0.192 e. The normalized spacial score (nSPS) is 23.6. The molecule has 18 heavy (non-hydrogen) atoms. The maximum atomic E-state index is 6.05. The molecule has 1 heterocycles. The molecule has 0 aromatic heterocycles. The van der Waals surface area contributed by atoms with Crippen LogP contribution in [0.5, 0.6) is 0 Å². The van der Waals surface area contributed by atoms with Gasteiger partial charge in [0.1, 0.15) is 0 Å². The Labute approximate surface area is 114 Å². The summed E-state index contributed by atoms with van der Waals surface area (Å²) in [7, 11) is 0. The molecule has 3 nitrogen and oxygen atoms in total. The average Bonchev–Trinajstić information content (AvgIpc) is 2.68. The van der Waals surface area contributed by atoms with Gasteiger partial charge in [0.15, 0.2) is 5.96 Å². The number of hydrogen-bond acceptors (Lipinski definition) is 3. The molecule has 1 aromatic rings. The summed E-state index contributed by atoms with van der Waals surface area (Å²) in [5.74, 6) is 0.641. The van der Waals surface area contributed by atoms with Gasteiger partial charge in [-0.25, -0.2) is 0 Å². The molecule has 4 heteroatoms. The second-order valence-electron chi connectivity index (χ2n) is 5.03. The number of nitrogens with zero attached hydrogens (tertiary/aromatic N) is 2. The molecule has 1 aromatic carbocycles. The van der Waals surface area contributed by atoms with Crippen molar-refractivity contribution in [2.75, 3.05) is 6.54 Å². The van der Waals surface area contributed by atoms with Gasteiger partial charge in [-0.05, 0) is 38.0 Å². The van der Waals surface area contributed by atoms with Crippen LogP contribution in [0.1, 0.15) is 32.8 Å². The predicted octanol–water partition coefficient (Wildman–Crippen LogP) is 2.98. The minimum Gasteiger partial charge on any atom is -0.370 e. The summed E-state index contributed by atoms with van der Waals surface area (Å²) >= 11 is 5.97. The fourth-order valence-electron chi connectivity index (χ4n) is 2.82. The van der Waals surface area contributed by atoms with Gasteiger partial charge in [0.05, 0.1) is 12.1 Å². The lowest BCUT2D eigenvalue weighted by molar-refractivity contribution is 0.158. The predicted molar refractivity (Wildman–Crippen MR) is 76.9 cm³/mol. The molecule has 2 rings (SSSR count). The SMILES string of the molecule is CCC1(c2ccc(Cl)cc2)CN=C(N)N1C(C)C. The first-order valence-electron chi connectivity index (χ1n) is 6.36. The van der Waals surface area contributed by atoms with Crippen LogP contribution in [-0.4, -0.2) is 23.4 Å². The van der Waals surface area contributed by atoms with Gasteiger partial charge in [0, 0.05) is 11.1 Å². The van der Waals surface area contributed by atoms with Crippen LogP contribution < -0.4 is 5.73 Å². The fraction of sp³-hybridized carbons (Fsp3) is 0.500. The zero-order valence-electron chi connectivity index (χ0n) is 11.2. The standard InChI is InChI=1S/C14H20ClN3/c1-4-14(11-5-7-12(15)8-6-11)9-17-13(16)18(14)10(2)3/h5-8,10H,4,9H2,1-3H3,(H2,16,17). The van der Waals surface area contributed by atoms with E-state index in [0.717, 1.165) is 18.0 Å². The summed E-state index contributed by atoms with van der Waals surface area (Å²) < 4.78 is 0. The highest BCUT2D eigenvalue weighted by Crippen LogP contribution is 2.37. The summed E-state index contributed by atoms with van der Waals surface area (Å²) in [5.41, 5.74) is 7.15. The van der Waals surface area contributed by atoms with Gasteiger partial charge in [-0.15, -0.1) is 0 Å². The van der Waals surface area contributed by atoms with Crippen LogP contribution in [0, 0.1) is 0 Å². The molecule has 2 N–H and O–H groups in total. The Morgan fingerprint density at radius 3 is 2.50 bits per heavy atom. The summed E-state index contributed by atoms with van der Waals surface area (Å²) in [6, 6.07) is 8.35. The van der Waals surface area contributed by atoms with Crippen molar-refractivity contribution in [2.45, 2.75) is 38.8 Å². The first-order chi connectivity index (χ1) is 8.51. The number of halogens is 1. The van der Waals surface area contributed by atoms with E-state index in [2.05, 4.69) is 42.8 Å². The molecular weight excluding hydrogens is 246 g/mol. The molecule has 0 saturated heterocycles. The Kier molecular flexibility index (Phi) is 3.53. The van der Waals surface area contributed by atoms with Crippen LogP contribution in [0.15, 0.2) is 29.3 Å². The molecule has 0 bridgehead atoms. The summed E-state index contributed by atoms with van der Waals surface area (Å²) in [6.07, 6.45) is 0.969. The van der Waals surface area contributed by atoms with E-state index in [-0.39, 0.29) is 5.54 Å². The van der Waals surface area contributed by atoms with E-state index in [1.807, 2.05) is 12.1 Å². The van der Waals surface area contributed by atoms with Crippen LogP contribution in [0.2, 0.25) is 5.02 Å². The third-order valence-corrected chi connectivity index (χ3v) is 3.95. The Morgan fingerprint density at radius 2 is 2.00 bits per heavy atom. The van der Waals surface area contributed by atoms with Gasteiger partial charge in [0.25, 0.3) is 0 Å². The summed E-state index contributed by atoms with van der Waals surface area (Å²) in [4.78, 5) is 6.67. The zero-order valence-corrected chi connectivity index (χ0v) is 11.9. The third kappa shape index (κ3) is 1.97. The van der Waals surface area contributed by atoms with Crippen LogP contribution >= 0.6 is 11.6 Å². The van der Waals surface area contributed by atoms with Crippen molar-refractivity contribution in [3.8, 4) is 0 Å². The lowest BCUT2D eigenvalue weighted by Gasteiger charge is -2.42. The van der Waals surface area contributed by atoms with E-state index in [9.17, 15) is 0 Å². The maximum absolute atomic E-state index is 6.05. The fourth-order valence-corrected chi connectivity index (χ4v) is 2.94. The van der Waals surface area contributed by atoms with Crippen LogP contribution in [0.3, 0.4) is 0 Å². The molecule has 98 valence electrons. The van der Waals surface area contributed by atoms with Crippen molar-refractivity contribution < 1.29 is 0 Å². The van der Waals surface area contributed by atoms with Crippen molar-refractivity contribution in [3.63, 3.8) is 0 Å². The average molecular weight is 266 g/mol. The van der Waals surface area contributed by atoms with Crippen LogP contribution in [0.4, 0.5) is 0 Å². The Hall–Kier alpha value is -1.22. The number of nitrogens with two attached hydrogens (primary N) is 1. The van der Waals surface area contributed by atoms with Crippen molar-refractivity contribution >= 4 is 17.6 Å². The largest absolute Gasteiger partial charge is 0.370 e. The number of hydrogen-bond donors (Lipinski definition) is 1. The molecule has 1 atom stereocenters. The Bertz CT molecular complexity index is 453. The van der Waals surface area contributed by atoms with Crippen LogP contribution in [-0.2, 0) is 5.54 Å². The topological polar surface area (TPSA) is 41.6 Å². The molecule has 1 aliphatic heterocycles. The summed E-state index contributed by atoms with van der Waals surface area (Å²) in [5, 5.41) is 0.757. The molecule has 1 aliphatic rings. The lowest BCUT2D eigenvalue weighted by Crippen LogP contribution is -2.52. The van der Waals surface area contributed by atoms with Gasteiger partial charge in [-0.1, -0.05) is 30.7 Å². The number of guanidine groups is 1. The lowest BCUT2D eigenvalue weighted by atomic mass is 9.85. The highest BCUT2D eigenvalue weighted by molar-refractivity contribution is 6.30. The molecule has 0 amide bonds. The quantitative estimate of drug-likeness (QED) is 0.913. The van der Waals surface area contributed by atoms with E-state index in [0.29, 0.717) is 12.0 Å². The molecular formula is C14H20ClN3. The maximum Gasteiger partial charge on any atom is 0.192 e. The number of rotatable bonds is 3. The van der Waals surface area contributed by atoms with Crippen molar-refractivity contribution in [2.24, 2.45) is 10.7 Å².